The smallest absolute Gasteiger partial charge is 0.344 e. The fourth-order valence-electron chi connectivity index (χ4n) is 2.09. The van der Waals surface area contributed by atoms with Crippen LogP contribution in [0.2, 0.25) is 0 Å². The van der Waals surface area contributed by atoms with Crippen LogP contribution in [-0.4, -0.2) is 11.0 Å². The van der Waals surface area contributed by atoms with E-state index in [9.17, 15) is 4.79 Å². The molecule has 0 fully saturated rings. The zero-order valence-corrected chi connectivity index (χ0v) is 14.3. The largest absolute Gasteiger partial charge is 0.423 e. The summed E-state index contributed by atoms with van der Waals surface area (Å²) in [5.41, 5.74) is 2.39. The second-order valence-corrected chi connectivity index (χ2v) is 5.88. The monoisotopic (exact) mass is 379 g/mol. The van der Waals surface area contributed by atoms with Gasteiger partial charge in [0.1, 0.15) is 5.75 Å². The van der Waals surface area contributed by atoms with Crippen LogP contribution in [0.3, 0.4) is 0 Å². The van der Waals surface area contributed by atoms with Gasteiger partial charge in [-0.1, -0.05) is 36.4 Å². The Balaban J connectivity index is 1.68. The van der Waals surface area contributed by atoms with Gasteiger partial charge in [0.25, 0.3) is 0 Å². The van der Waals surface area contributed by atoms with Gasteiger partial charge in [0.15, 0.2) is 0 Å². The number of ether oxygens (including phenoxy) is 1. The van der Waals surface area contributed by atoms with Gasteiger partial charge in [-0.3, -0.25) is 4.98 Å². The van der Waals surface area contributed by atoms with E-state index >= 15 is 0 Å². The summed E-state index contributed by atoms with van der Waals surface area (Å²) < 4.78 is 6.11. The van der Waals surface area contributed by atoms with Crippen LogP contribution in [-0.2, 0) is 0 Å². The molecular formula is C20H14BrNO2. The maximum Gasteiger partial charge on any atom is 0.344 e. The third-order valence-electron chi connectivity index (χ3n) is 3.32. The van der Waals surface area contributed by atoms with Crippen molar-refractivity contribution in [2.24, 2.45) is 0 Å². The predicted molar refractivity (Wildman–Crippen MR) is 98.7 cm³/mol. The van der Waals surface area contributed by atoms with E-state index in [-0.39, 0.29) is 5.97 Å². The number of carbonyl (C=O) groups excluding carboxylic acids is 1. The van der Waals surface area contributed by atoms with Crippen molar-refractivity contribution in [1.82, 2.24) is 4.98 Å². The van der Waals surface area contributed by atoms with Gasteiger partial charge >= 0.3 is 5.97 Å². The molecule has 0 unspecified atom stereocenters. The van der Waals surface area contributed by atoms with Crippen molar-refractivity contribution in [2.45, 2.75) is 0 Å². The number of hydrogen-bond acceptors (Lipinski definition) is 3. The summed E-state index contributed by atoms with van der Waals surface area (Å²) in [6, 6.07) is 20.3. The first kappa shape index (κ1) is 16.1. The lowest BCUT2D eigenvalue weighted by Gasteiger charge is -2.06. The second kappa shape index (κ2) is 7.70. The standard InChI is InChI=1S/C20H14BrNO2/c21-19-7-2-1-6-18(19)20(23)24-17-12-9-15(10-13-17)8-11-16-5-3-4-14-22-16/h1-14H/b11-8+. The van der Waals surface area contributed by atoms with Crippen LogP contribution in [0.4, 0.5) is 0 Å². The van der Waals surface area contributed by atoms with Gasteiger partial charge in [-0.15, -0.1) is 0 Å². The number of rotatable bonds is 4. The van der Waals surface area contributed by atoms with E-state index in [1.165, 1.54) is 0 Å². The number of esters is 1. The van der Waals surface area contributed by atoms with E-state index in [2.05, 4.69) is 20.9 Å². The van der Waals surface area contributed by atoms with E-state index in [1.807, 2.05) is 54.6 Å². The van der Waals surface area contributed by atoms with Crippen LogP contribution in [0.15, 0.2) is 77.4 Å². The summed E-state index contributed by atoms with van der Waals surface area (Å²) in [7, 11) is 0. The Morgan fingerprint density at radius 3 is 2.38 bits per heavy atom. The molecule has 0 aliphatic heterocycles. The molecule has 0 saturated carbocycles. The third kappa shape index (κ3) is 4.18. The van der Waals surface area contributed by atoms with E-state index in [4.69, 9.17) is 4.74 Å². The number of nitrogens with zero attached hydrogens (tertiary/aromatic N) is 1. The Kier molecular flexibility index (Phi) is 5.18. The van der Waals surface area contributed by atoms with Crippen molar-refractivity contribution in [3.63, 3.8) is 0 Å². The summed E-state index contributed by atoms with van der Waals surface area (Å²) >= 11 is 3.35. The highest BCUT2D eigenvalue weighted by atomic mass is 79.9. The molecule has 4 heteroatoms. The molecule has 0 radical (unpaired) electrons. The SMILES string of the molecule is O=C(Oc1ccc(/C=C/c2ccccn2)cc1)c1ccccc1Br. The first-order valence-electron chi connectivity index (χ1n) is 7.38. The average molecular weight is 380 g/mol. The molecule has 0 N–H and O–H groups in total. The van der Waals surface area contributed by atoms with E-state index in [1.54, 1.807) is 30.5 Å². The van der Waals surface area contributed by atoms with Gasteiger partial charge in [0, 0.05) is 10.7 Å². The van der Waals surface area contributed by atoms with Gasteiger partial charge in [0.05, 0.1) is 11.3 Å². The molecule has 1 heterocycles. The maximum absolute atomic E-state index is 12.2. The van der Waals surface area contributed by atoms with Gasteiger partial charge in [-0.05, 0) is 64.0 Å². The molecule has 3 nitrogen and oxygen atoms in total. The normalized spacial score (nSPS) is 10.7. The van der Waals surface area contributed by atoms with Gasteiger partial charge in [-0.25, -0.2) is 4.79 Å². The van der Waals surface area contributed by atoms with Crippen LogP contribution in [0.25, 0.3) is 12.2 Å². The summed E-state index contributed by atoms with van der Waals surface area (Å²) in [4.78, 5) is 16.4. The average Bonchev–Trinajstić information content (AvgIpc) is 2.62. The Hall–Kier alpha value is -2.72. The maximum atomic E-state index is 12.2. The highest BCUT2D eigenvalue weighted by molar-refractivity contribution is 9.10. The zero-order chi connectivity index (χ0) is 16.8. The topological polar surface area (TPSA) is 39.2 Å². The van der Waals surface area contributed by atoms with Crippen molar-refractivity contribution in [3.05, 3.63) is 94.2 Å². The molecule has 0 aliphatic rings. The minimum absolute atomic E-state index is 0.390. The molecule has 0 spiro atoms. The van der Waals surface area contributed by atoms with Crippen LogP contribution < -0.4 is 4.74 Å². The molecule has 24 heavy (non-hydrogen) atoms. The van der Waals surface area contributed by atoms with Crippen LogP contribution in [0.1, 0.15) is 21.6 Å². The van der Waals surface area contributed by atoms with E-state index in [0.717, 1.165) is 11.3 Å². The zero-order valence-electron chi connectivity index (χ0n) is 12.7. The Bertz CT molecular complexity index is 858. The molecule has 3 aromatic rings. The first-order valence-corrected chi connectivity index (χ1v) is 8.17. The van der Waals surface area contributed by atoms with E-state index in [0.29, 0.717) is 15.8 Å². The second-order valence-electron chi connectivity index (χ2n) is 5.03. The Morgan fingerprint density at radius 2 is 1.67 bits per heavy atom. The number of aromatic nitrogens is 1. The molecule has 0 aliphatic carbocycles. The summed E-state index contributed by atoms with van der Waals surface area (Å²) in [5, 5.41) is 0. The number of carbonyl (C=O) groups is 1. The molecule has 0 saturated heterocycles. The molecular weight excluding hydrogens is 366 g/mol. The lowest BCUT2D eigenvalue weighted by molar-refractivity contribution is 0.0734. The highest BCUT2D eigenvalue weighted by Crippen LogP contribution is 2.20. The van der Waals surface area contributed by atoms with Gasteiger partial charge < -0.3 is 4.74 Å². The fourth-order valence-corrected chi connectivity index (χ4v) is 2.54. The van der Waals surface area contributed by atoms with Crippen molar-refractivity contribution in [3.8, 4) is 5.75 Å². The van der Waals surface area contributed by atoms with Crippen molar-refractivity contribution < 1.29 is 9.53 Å². The Labute approximate surface area is 148 Å². The molecule has 3 rings (SSSR count). The van der Waals surface area contributed by atoms with E-state index < -0.39 is 0 Å². The fraction of sp³-hybridized carbons (Fsp3) is 0. The summed E-state index contributed by atoms with van der Waals surface area (Å²) in [6.07, 6.45) is 5.65. The molecule has 2 aromatic carbocycles. The van der Waals surface area contributed by atoms with Gasteiger partial charge in [0.2, 0.25) is 0 Å². The van der Waals surface area contributed by atoms with Crippen molar-refractivity contribution in [2.75, 3.05) is 0 Å². The lowest BCUT2D eigenvalue weighted by Crippen LogP contribution is -2.09. The van der Waals surface area contributed by atoms with Crippen molar-refractivity contribution >= 4 is 34.1 Å². The minimum Gasteiger partial charge on any atom is -0.423 e. The van der Waals surface area contributed by atoms with Gasteiger partial charge in [-0.2, -0.15) is 0 Å². The molecule has 0 amide bonds. The van der Waals surface area contributed by atoms with Crippen molar-refractivity contribution in [1.29, 1.82) is 0 Å². The minimum atomic E-state index is -0.390. The highest BCUT2D eigenvalue weighted by Gasteiger charge is 2.11. The molecule has 0 bridgehead atoms. The lowest BCUT2D eigenvalue weighted by atomic mass is 10.2. The summed E-state index contributed by atoms with van der Waals surface area (Å²) in [6.45, 7) is 0. The number of hydrogen-bond donors (Lipinski definition) is 0. The predicted octanol–water partition coefficient (Wildman–Crippen LogP) is 5.23. The molecule has 1 aromatic heterocycles. The van der Waals surface area contributed by atoms with Crippen LogP contribution in [0, 0.1) is 0 Å². The number of halogens is 1. The number of pyridine rings is 1. The molecule has 118 valence electrons. The Morgan fingerprint density at radius 1 is 0.917 bits per heavy atom. The molecule has 0 atom stereocenters. The first-order chi connectivity index (χ1) is 11.7. The number of benzene rings is 2. The van der Waals surface area contributed by atoms with Crippen LogP contribution in [0.5, 0.6) is 5.75 Å². The van der Waals surface area contributed by atoms with Crippen LogP contribution >= 0.6 is 15.9 Å². The quantitative estimate of drug-likeness (QED) is 0.459. The summed E-state index contributed by atoms with van der Waals surface area (Å²) in [5.74, 6) is 0.116. The third-order valence-corrected chi connectivity index (χ3v) is 4.01.